The van der Waals surface area contributed by atoms with Crippen LogP contribution in [0.5, 0.6) is 11.5 Å². The largest absolute Gasteiger partial charge is 0.493 e. The molecule has 1 aromatic heterocycles. The number of thiazole rings is 1. The highest BCUT2D eigenvalue weighted by atomic mass is 32.2. The van der Waals surface area contributed by atoms with E-state index < -0.39 is 21.9 Å². The Morgan fingerprint density at radius 1 is 1.15 bits per heavy atom. The molecule has 0 aliphatic carbocycles. The number of sulfonamides is 1. The lowest BCUT2D eigenvalue weighted by molar-refractivity contribution is -0.143. The molecule has 39 heavy (non-hydrogen) atoms. The predicted octanol–water partition coefficient (Wildman–Crippen LogP) is 2.82. The number of aromatic nitrogens is 1. The number of hydrogen-bond donors (Lipinski definition) is 0. The molecule has 3 aromatic rings. The lowest BCUT2D eigenvalue weighted by Crippen LogP contribution is -2.34. The number of esters is 1. The van der Waals surface area contributed by atoms with E-state index in [1.165, 1.54) is 61.2 Å². The fraction of sp³-hybridized carbons (Fsp3) is 0.423. The van der Waals surface area contributed by atoms with Crippen LogP contribution in [0.3, 0.4) is 0 Å². The third-order valence-corrected chi connectivity index (χ3v) is 9.15. The number of ether oxygens (including phenoxy) is 4. The number of benzene rings is 2. The molecule has 0 bridgehead atoms. The van der Waals surface area contributed by atoms with Gasteiger partial charge < -0.3 is 23.5 Å². The number of nitrogens with zero attached hydrogens (tertiary/aromatic N) is 3. The summed E-state index contributed by atoms with van der Waals surface area (Å²) in [5.74, 6) is -0.120. The van der Waals surface area contributed by atoms with Gasteiger partial charge in [-0.2, -0.15) is 9.30 Å². The predicted molar refractivity (Wildman–Crippen MR) is 145 cm³/mol. The molecule has 210 valence electrons. The molecule has 1 unspecified atom stereocenters. The highest BCUT2D eigenvalue weighted by Crippen LogP contribution is 2.33. The highest BCUT2D eigenvalue weighted by molar-refractivity contribution is 7.89. The normalized spacial score (nSPS) is 16.1. The number of hydrogen-bond acceptors (Lipinski definition) is 9. The zero-order valence-electron chi connectivity index (χ0n) is 22.2. The van der Waals surface area contributed by atoms with Crippen molar-refractivity contribution in [3.8, 4) is 11.5 Å². The molecule has 1 amide bonds. The van der Waals surface area contributed by atoms with Crippen LogP contribution in [0.15, 0.2) is 46.3 Å². The zero-order chi connectivity index (χ0) is 28.2. The molecular weight excluding hydrogens is 546 g/mol. The van der Waals surface area contributed by atoms with Crippen LogP contribution in [0.2, 0.25) is 0 Å². The summed E-state index contributed by atoms with van der Waals surface area (Å²) in [4.78, 5) is 30.1. The lowest BCUT2D eigenvalue weighted by Gasteiger charge is -2.20. The van der Waals surface area contributed by atoms with Gasteiger partial charge in [-0.25, -0.2) is 8.42 Å². The number of rotatable bonds is 10. The quantitative estimate of drug-likeness (QED) is 0.337. The van der Waals surface area contributed by atoms with E-state index in [0.29, 0.717) is 23.6 Å². The van der Waals surface area contributed by atoms with Gasteiger partial charge >= 0.3 is 5.97 Å². The van der Waals surface area contributed by atoms with Gasteiger partial charge in [-0.05, 0) is 44.0 Å². The van der Waals surface area contributed by atoms with E-state index in [2.05, 4.69) is 4.99 Å². The van der Waals surface area contributed by atoms with Crippen LogP contribution < -0.4 is 14.3 Å². The van der Waals surface area contributed by atoms with Crippen molar-refractivity contribution in [1.82, 2.24) is 8.87 Å². The second-order valence-corrected chi connectivity index (χ2v) is 11.9. The Morgan fingerprint density at radius 2 is 1.85 bits per heavy atom. The van der Waals surface area contributed by atoms with Crippen LogP contribution >= 0.6 is 11.3 Å². The van der Waals surface area contributed by atoms with Gasteiger partial charge in [0.05, 0.1) is 42.0 Å². The molecular formula is C26H31N3O8S2. The zero-order valence-corrected chi connectivity index (χ0v) is 23.8. The van der Waals surface area contributed by atoms with Gasteiger partial charge in [-0.15, -0.1) is 0 Å². The molecule has 0 radical (unpaired) electrons. The molecule has 1 saturated heterocycles. The molecule has 0 spiro atoms. The first-order chi connectivity index (χ1) is 18.7. The van der Waals surface area contributed by atoms with E-state index in [1.54, 1.807) is 23.6 Å². The number of carbonyl (C=O) groups excluding carboxylic acids is 2. The molecule has 1 aliphatic heterocycles. The Morgan fingerprint density at radius 3 is 2.46 bits per heavy atom. The second kappa shape index (κ2) is 12.3. The first kappa shape index (κ1) is 28.7. The van der Waals surface area contributed by atoms with Crippen molar-refractivity contribution in [2.75, 3.05) is 41.0 Å². The van der Waals surface area contributed by atoms with Crippen LogP contribution in [0.25, 0.3) is 10.2 Å². The van der Waals surface area contributed by atoms with E-state index in [9.17, 15) is 18.0 Å². The van der Waals surface area contributed by atoms with Crippen molar-refractivity contribution in [3.05, 3.63) is 46.8 Å². The molecule has 0 N–H and O–H groups in total. The van der Waals surface area contributed by atoms with E-state index in [-0.39, 0.29) is 41.1 Å². The van der Waals surface area contributed by atoms with Crippen LogP contribution in [0.4, 0.5) is 0 Å². The van der Waals surface area contributed by atoms with Crippen molar-refractivity contribution in [2.45, 2.75) is 37.3 Å². The van der Waals surface area contributed by atoms with E-state index >= 15 is 0 Å². The number of methoxy groups -OCH3 is 2. The van der Waals surface area contributed by atoms with Gasteiger partial charge in [0.2, 0.25) is 10.0 Å². The van der Waals surface area contributed by atoms with Gasteiger partial charge in [0.1, 0.15) is 6.54 Å². The van der Waals surface area contributed by atoms with Gasteiger partial charge in [0.25, 0.3) is 5.91 Å². The SMILES string of the molecule is CCOC(=O)Cn1c(=NC(=O)c2ccc(S(=O)(=O)N(C)CC3CCCO3)cc2)sc2cc(OC)c(OC)cc21. The molecule has 1 aliphatic rings. The molecule has 2 heterocycles. The summed E-state index contributed by atoms with van der Waals surface area (Å²) in [7, 11) is 0.785. The molecule has 4 rings (SSSR count). The van der Waals surface area contributed by atoms with Crippen molar-refractivity contribution in [1.29, 1.82) is 0 Å². The summed E-state index contributed by atoms with van der Waals surface area (Å²) in [5.41, 5.74) is 0.819. The fourth-order valence-corrected chi connectivity index (χ4v) is 6.48. The average Bonchev–Trinajstić information content (AvgIpc) is 3.55. The average molecular weight is 578 g/mol. The monoisotopic (exact) mass is 577 g/mol. The minimum absolute atomic E-state index is 0.0676. The Bertz CT molecular complexity index is 1520. The van der Waals surface area contributed by atoms with Gasteiger partial charge in [-0.1, -0.05) is 11.3 Å². The molecule has 13 heteroatoms. The molecule has 1 atom stereocenters. The van der Waals surface area contributed by atoms with Gasteiger partial charge in [-0.3, -0.25) is 9.59 Å². The standard InChI is InChI=1S/C26H31N3O8S2/c1-5-36-24(30)16-29-20-13-21(34-3)22(35-4)14-23(20)38-26(29)27-25(31)17-8-10-19(11-9-17)39(32,33)28(2)15-18-7-6-12-37-18/h8-11,13-14,18H,5-7,12,15-16H2,1-4H3. The smallest absolute Gasteiger partial charge is 0.326 e. The Kier molecular flexibility index (Phi) is 9.05. The third-order valence-electron chi connectivity index (χ3n) is 6.27. The Balaban J connectivity index is 1.66. The molecule has 1 fully saturated rings. The van der Waals surface area contributed by atoms with Crippen LogP contribution in [0, 0.1) is 0 Å². The number of amides is 1. The third kappa shape index (κ3) is 6.32. The van der Waals surface area contributed by atoms with Crippen LogP contribution in [-0.4, -0.2) is 76.3 Å². The summed E-state index contributed by atoms with van der Waals surface area (Å²) in [6, 6.07) is 9.08. The highest BCUT2D eigenvalue weighted by Gasteiger charge is 2.26. The summed E-state index contributed by atoms with van der Waals surface area (Å²) >= 11 is 1.20. The summed E-state index contributed by atoms with van der Waals surface area (Å²) in [6.45, 7) is 2.66. The summed E-state index contributed by atoms with van der Waals surface area (Å²) in [5, 5.41) is 0. The van der Waals surface area contributed by atoms with Gasteiger partial charge in [0, 0.05) is 37.9 Å². The van der Waals surface area contributed by atoms with Crippen LogP contribution in [-0.2, 0) is 30.8 Å². The van der Waals surface area contributed by atoms with E-state index in [0.717, 1.165) is 17.5 Å². The van der Waals surface area contributed by atoms with Crippen LogP contribution in [0.1, 0.15) is 30.1 Å². The minimum Gasteiger partial charge on any atom is -0.493 e. The molecule has 0 saturated carbocycles. The Labute approximate surface area is 230 Å². The van der Waals surface area contributed by atoms with Gasteiger partial charge in [0.15, 0.2) is 16.3 Å². The first-order valence-electron chi connectivity index (χ1n) is 12.4. The summed E-state index contributed by atoms with van der Waals surface area (Å²) in [6.07, 6.45) is 1.62. The fourth-order valence-electron chi connectivity index (χ4n) is 4.24. The maximum Gasteiger partial charge on any atom is 0.326 e. The first-order valence-corrected chi connectivity index (χ1v) is 14.6. The van der Waals surface area contributed by atoms with E-state index in [1.807, 2.05) is 0 Å². The number of fused-ring (bicyclic) bond motifs is 1. The van der Waals surface area contributed by atoms with Crippen molar-refractivity contribution in [3.63, 3.8) is 0 Å². The Hall–Kier alpha value is -3.26. The maximum absolute atomic E-state index is 13.1. The molecule has 2 aromatic carbocycles. The maximum atomic E-state index is 13.1. The topological polar surface area (TPSA) is 126 Å². The molecule has 11 nitrogen and oxygen atoms in total. The minimum atomic E-state index is -3.75. The number of likely N-dealkylation sites (N-methyl/N-ethyl adjacent to an activating group) is 1. The summed E-state index contributed by atoms with van der Waals surface area (Å²) < 4.78 is 51.0. The van der Waals surface area contributed by atoms with Crippen molar-refractivity contribution >= 4 is 43.5 Å². The van der Waals surface area contributed by atoms with Crippen molar-refractivity contribution in [2.24, 2.45) is 4.99 Å². The number of carbonyl (C=O) groups is 2. The van der Waals surface area contributed by atoms with E-state index in [4.69, 9.17) is 18.9 Å². The van der Waals surface area contributed by atoms with Crippen molar-refractivity contribution < 1.29 is 37.0 Å². The lowest BCUT2D eigenvalue weighted by atomic mass is 10.2. The second-order valence-electron chi connectivity index (χ2n) is 8.81.